The van der Waals surface area contributed by atoms with Gasteiger partial charge in [-0.2, -0.15) is 0 Å². The smallest absolute Gasteiger partial charge is 0.0991 e. The van der Waals surface area contributed by atoms with Crippen LogP contribution >= 0.6 is 12.4 Å². The van der Waals surface area contributed by atoms with Gasteiger partial charge >= 0.3 is 0 Å². The van der Waals surface area contributed by atoms with Gasteiger partial charge in [0.2, 0.25) is 0 Å². The van der Waals surface area contributed by atoms with Crippen LogP contribution in [0.5, 0.6) is 0 Å². The van der Waals surface area contributed by atoms with Crippen LogP contribution in [0.1, 0.15) is 18.4 Å². The molecule has 118 valence electrons. The zero-order valence-corrected chi connectivity index (χ0v) is 13.5. The number of piperidine rings is 1. The summed E-state index contributed by atoms with van der Waals surface area (Å²) in [5.74, 6) is 0.865. The number of fused-ring (bicyclic) bond motifs is 1. The van der Waals surface area contributed by atoms with Crippen molar-refractivity contribution in [3.05, 3.63) is 48.5 Å². The van der Waals surface area contributed by atoms with E-state index in [-0.39, 0.29) is 12.4 Å². The van der Waals surface area contributed by atoms with Crippen molar-refractivity contribution in [2.45, 2.75) is 25.4 Å². The molecule has 2 aromatic rings. The summed E-state index contributed by atoms with van der Waals surface area (Å²) in [6.45, 7) is 4.76. The lowest BCUT2D eigenvalue weighted by Crippen LogP contribution is -2.43. The second-order valence-electron chi connectivity index (χ2n) is 6.27. The van der Waals surface area contributed by atoms with Gasteiger partial charge in [0.1, 0.15) is 0 Å². The van der Waals surface area contributed by atoms with Crippen molar-refractivity contribution in [3.63, 3.8) is 0 Å². The summed E-state index contributed by atoms with van der Waals surface area (Å²) in [6.07, 6.45) is 8.28. The molecule has 1 aromatic carbocycles. The quantitative estimate of drug-likeness (QED) is 0.944. The highest BCUT2D eigenvalue weighted by Crippen LogP contribution is 2.25. The number of aromatic nitrogens is 2. The molecule has 5 heteroatoms. The lowest BCUT2D eigenvalue weighted by atomic mass is 9.93. The largest absolute Gasteiger partial charge is 0.314 e. The lowest BCUT2D eigenvalue weighted by Gasteiger charge is -2.34. The van der Waals surface area contributed by atoms with E-state index < -0.39 is 0 Å². The fraction of sp³-hybridized carbons (Fsp3) is 0.471. The standard InChI is InChI=1S/C17H22N4.ClH/c1-3-16(21-10-8-18-13-21)4-2-14(1)11-20-9-6-17-15(12-20)5-7-19-17;/h1-4,8,10,13,15,17,19H,5-7,9,11-12H2;1H. The van der Waals surface area contributed by atoms with Crippen molar-refractivity contribution in [2.75, 3.05) is 19.6 Å². The van der Waals surface area contributed by atoms with Gasteiger partial charge in [0.05, 0.1) is 6.33 Å². The fourth-order valence-electron chi connectivity index (χ4n) is 3.71. The zero-order valence-electron chi connectivity index (χ0n) is 12.7. The van der Waals surface area contributed by atoms with Crippen LogP contribution in [-0.2, 0) is 6.54 Å². The van der Waals surface area contributed by atoms with Crippen LogP contribution in [0.3, 0.4) is 0 Å². The third kappa shape index (κ3) is 3.19. The van der Waals surface area contributed by atoms with E-state index in [0.717, 1.165) is 18.5 Å². The first-order valence-electron chi connectivity index (χ1n) is 7.91. The molecule has 2 aliphatic rings. The van der Waals surface area contributed by atoms with Crippen molar-refractivity contribution < 1.29 is 0 Å². The van der Waals surface area contributed by atoms with E-state index in [4.69, 9.17) is 0 Å². The second kappa shape index (κ2) is 6.82. The van der Waals surface area contributed by atoms with E-state index in [2.05, 4.69) is 39.5 Å². The first kappa shape index (κ1) is 15.5. The summed E-state index contributed by atoms with van der Waals surface area (Å²) in [5.41, 5.74) is 2.58. The number of likely N-dealkylation sites (tertiary alicyclic amines) is 1. The highest BCUT2D eigenvalue weighted by Gasteiger charge is 2.32. The highest BCUT2D eigenvalue weighted by atomic mass is 35.5. The molecule has 0 spiro atoms. The van der Waals surface area contributed by atoms with Gasteiger partial charge in [-0.15, -0.1) is 12.4 Å². The monoisotopic (exact) mass is 318 g/mol. The third-order valence-corrected chi connectivity index (χ3v) is 4.88. The molecule has 3 heterocycles. The van der Waals surface area contributed by atoms with Gasteiger partial charge < -0.3 is 9.88 Å². The van der Waals surface area contributed by atoms with Crippen molar-refractivity contribution in [1.29, 1.82) is 0 Å². The number of benzene rings is 1. The number of rotatable bonds is 3. The van der Waals surface area contributed by atoms with E-state index in [1.807, 2.05) is 23.3 Å². The zero-order chi connectivity index (χ0) is 14.1. The molecule has 4 rings (SSSR count). The van der Waals surface area contributed by atoms with Crippen LogP contribution < -0.4 is 5.32 Å². The predicted octanol–water partition coefficient (Wildman–Crippen LogP) is 2.48. The first-order chi connectivity index (χ1) is 10.4. The van der Waals surface area contributed by atoms with E-state index in [9.17, 15) is 0 Å². The first-order valence-corrected chi connectivity index (χ1v) is 7.91. The number of nitrogens with one attached hydrogen (secondary N) is 1. The molecule has 1 aromatic heterocycles. The number of nitrogens with zero attached hydrogens (tertiary/aromatic N) is 3. The maximum Gasteiger partial charge on any atom is 0.0991 e. The van der Waals surface area contributed by atoms with Gasteiger partial charge in [-0.3, -0.25) is 4.90 Å². The summed E-state index contributed by atoms with van der Waals surface area (Å²) >= 11 is 0. The molecule has 1 N–H and O–H groups in total. The normalized spacial score (nSPS) is 24.7. The Bertz CT molecular complexity index is 581. The molecule has 0 aliphatic carbocycles. The van der Waals surface area contributed by atoms with Gasteiger partial charge in [-0.25, -0.2) is 4.98 Å². The summed E-state index contributed by atoms with van der Waals surface area (Å²) in [5, 5.41) is 3.63. The Morgan fingerprint density at radius 2 is 2.05 bits per heavy atom. The second-order valence-corrected chi connectivity index (χ2v) is 6.27. The Balaban J connectivity index is 0.00000144. The topological polar surface area (TPSA) is 33.1 Å². The third-order valence-electron chi connectivity index (χ3n) is 4.88. The molecule has 2 atom stereocenters. The Morgan fingerprint density at radius 1 is 1.18 bits per heavy atom. The average molecular weight is 319 g/mol. The van der Waals surface area contributed by atoms with Crippen molar-refractivity contribution in [1.82, 2.24) is 19.8 Å². The van der Waals surface area contributed by atoms with Gasteiger partial charge in [-0.1, -0.05) is 12.1 Å². The molecule has 0 amide bonds. The molecule has 4 nitrogen and oxygen atoms in total. The average Bonchev–Trinajstić information content (AvgIpc) is 3.19. The molecule has 2 fully saturated rings. The Kier molecular flexibility index (Phi) is 4.81. The predicted molar refractivity (Wildman–Crippen MR) is 90.6 cm³/mol. The van der Waals surface area contributed by atoms with Crippen LogP contribution in [0.4, 0.5) is 0 Å². The molecule has 0 saturated carbocycles. The molecule has 2 unspecified atom stereocenters. The number of imidazole rings is 1. The Morgan fingerprint density at radius 3 is 2.82 bits per heavy atom. The number of hydrogen-bond donors (Lipinski definition) is 1. The van der Waals surface area contributed by atoms with E-state index in [0.29, 0.717) is 0 Å². The number of hydrogen-bond acceptors (Lipinski definition) is 3. The van der Waals surface area contributed by atoms with Crippen LogP contribution in [0, 0.1) is 5.92 Å². The minimum atomic E-state index is 0. The maximum atomic E-state index is 4.09. The minimum absolute atomic E-state index is 0. The summed E-state index contributed by atoms with van der Waals surface area (Å²) in [6, 6.07) is 9.63. The van der Waals surface area contributed by atoms with E-state index in [1.165, 1.54) is 43.7 Å². The number of halogens is 1. The summed E-state index contributed by atoms with van der Waals surface area (Å²) < 4.78 is 2.04. The SMILES string of the molecule is Cl.c1cn(-c2ccc(CN3CCC4NCCC4C3)cc2)cn1. The molecule has 0 radical (unpaired) electrons. The van der Waals surface area contributed by atoms with Gasteiger partial charge in [0, 0.05) is 37.2 Å². The minimum Gasteiger partial charge on any atom is -0.314 e. The van der Waals surface area contributed by atoms with Gasteiger partial charge in [-0.05, 0) is 49.5 Å². The fourth-order valence-corrected chi connectivity index (χ4v) is 3.71. The van der Waals surface area contributed by atoms with Gasteiger partial charge in [0.15, 0.2) is 0 Å². The van der Waals surface area contributed by atoms with Crippen molar-refractivity contribution in [3.8, 4) is 5.69 Å². The molecule has 2 aliphatic heterocycles. The molecule has 0 bridgehead atoms. The summed E-state index contributed by atoms with van der Waals surface area (Å²) in [4.78, 5) is 6.71. The van der Waals surface area contributed by atoms with E-state index >= 15 is 0 Å². The maximum absolute atomic E-state index is 4.09. The molecular weight excluding hydrogens is 296 g/mol. The lowest BCUT2D eigenvalue weighted by molar-refractivity contribution is 0.156. The molecular formula is C17H23ClN4. The molecule has 2 saturated heterocycles. The van der Waals surface area contributed by atoms with Crippen molar-refractivity contribution >= 4 is 12.4 Å². The Labute approximate surface area is 137 Å². The van der Waals surface area contributed by atoms with Crippen molar-refractivity contribution in [2.24, 2.45) is 5.92 Å². The van der Waals surface area contributed by atoms with E-state index in [1.54, 1.807) is 0 Å². The van der Waals surface area contributed by atoms with Crippen LogP contribution in [0.15, 0.2) is 43.0 Å². The van der Waals surface area contributed by atoms with Crippen LogP contribution in [-0.4, -0.2) is 40.1 Å². The highest BCUT2D eigenvalue weighted by molar-refractivity contribution is 5.85. The van der Waals surface area contributed by atoms with Gasteiger partial charge in [0.25, 0.3) is 0 Å². The Hall–Kier alpha value is -1.36. The van der Waals surface area contributed by atoms with Crippen LogP contribution in [0.25, 0.3) is 5.69 Å². The molecule has 22 heavy (non-hydrogen) atoms. The van der Waals surface area contributed by atoms with Crippen LogP contribution in [0.2, 0.25) is 0 Å². The summed E-state index contributed by atoms with van der Waals surface area (Å²) in [7, 11) is 0.